The van der Waals surface area contributed by atoms with Crippen LogP contribution in [0.2, 0.25) is 5.02 Å². The number of ether oxygens (including phenoxy) is 3. The van der Waals surface area contributed by atoms with Crippen LogP contribution in [0.3, 0.4) is 0 Å². The summed E-state index contributed by atoms with van der Waals surface area (Å²) < 4.78 is 17.0. The molecule has 1 N–H and O–H groups in total. The quantitative estimate of drug-likeness (QED) is 0.787. The zero-order valence-electron chi connectivity index (χ0n) is 16.7. The topological polar surface area (TPSA) is 51.2 Å². The van der Waals surface area contributed by atoms with E-state index in [2.05, 4.69) is 17.1 Å². The van der Waals surface area contributed by atoms with Crippen molar-refractivity contribution in [3.8, 4) is 17.2 Å². The number of methoxy groups -OCH3 is 2. The minimum absolute atomic E-state index is 0.278. The Bertz CT molecular complexity index is 906. The number of piperidine rings is 1. The van der Waals surface area contributed by atoms with E-state index in [0.717, 1.165) is 42.8 Å². The van der Waals surface area contributed by atoms with Gasteiger partial charge in [0.05, 0.1) is 20.3 Å². The highest BCUT2D eigenvalue weighted by Crippen LogP contribution is 2.38. The summed E-state index contributed by atoms with van der Waals surface area (Å²) in [5, 5.41) is 11.5. The van der Waals surface area contributed by atoms with E-state index in [1.165, 1.54) is 0 Å². The van der Waals surface area contributed by atoms with E-state index in [4.69, 9.17) is 25.8 Å². The Balaban J connectivity index is 1.39. The molecule has 0 unspecified atom stereocenters. The summed E-state index contributed by atoms with van der Waals surface area (Å²) in [5.74, 6) is 2.23. The second kappa shape index (κ2) is 8.27. The van der Waals surface area contributed by atoms with E-state index in [9.17, 15) is 5.11 Å². The molecule has 154 valence electrons. The van der Waals surface area contributed by atoms with E-state index in [-0.39, 0.29) is 5.60 Å². The van der Waals surface area contributed by atoms with Crippen LogP contribution in [0.25, 0.3) is 6.08 Å². The van der Waals surface area contributed by atoms with E-state index in [1.807, 2.05) is 30.3 Å². The van der Waals surface area contributed by atoms with Gasteiger partial charge < -0.3 is 24.2 Å². The molecular weight excluding hydrogens is 390 g/mol. The Morgan fingerprint density at radius 1 is 1.14 bits per heavy atom. The molecule has 0 amide bonds. The predicted molar refractivity (Wildman–Crippen MR) is 114 cm³/mol. The minimum atomic E-state index is -0.629. The fourth-order valence-electron chi connectivity index (χ4n) is 4.06. The Kier molecular flexibility index (Phi) is 5.72. The van der Waals surface area contributed by atoms with E-state index >= 15 is 0 Å². The van der Waals surface area contributed by atoms with Crippen LogP contribution >= 0.6 is 11.6 Å². The van der Waals surface area contributed by atoms with Gasteiger partial charge in [-0.2, -0.15) is 0 Å². The number of rotatable bonds is 5. The molecule has 1 spiro atoms. The number of aliphatic hydroxyl groups excluding tert-OH is 1. The van der Waals surface area contributed by atoms with Gasteiger partial charge in [0, 0.05) is 54.7 Å². The molecule has 2 aliphatic heterocycles. The Hall–Kier alpha value is -2.21. The van der Waals surface area contributed by atoms with Crippen LogP contribution in [0.4, 0.5) is 0 Å². The molecule has 0 aromatic heterocycles. The van der Waals surface area contributed by atoms with Gasteiger partial charge in [0.1, 0.15) is 22.8 Å². The third-order valence-corrected chi connectivity index (χ3v) is 6.02. The first-order chi connectivity index (χ1) is 14.0. The number of aliphatic hydroxyl groups is 1. The molecule has 1 fully saturated rings. The number of halogens is 1. The van der Waals surface area contributed by atoms with Gasteiger partial charge in [-0.3, -0.25) is 0 Å². The normalized spacial score (nSPS) is 18.8. The number of fused-ring (bicyclic) bond motifs is 1. The Labute approximate surface area is 176 Å². The van der Waals surface area contributed by atoms with Gasteiger partial charge in [-0.15, -0.1) is 0 Å². The molecule has 0 bridgehead atoms. The molecule has 2 aromatic rings. The fraction of sp³-hybridized carbons (Fsp3) is 0.391. The minimum Gasteiger partial charge on any atom is -0.497 e. The highest BCUT2D eigenvalue weighted by molar-refractivity contribution is 6.30. The fourth-order valence-corrected chi connectivity index (χ4v) is 4.24. The summed E-state index contributed by atoms with van der Waals surface area (Å²) in [6.45, 7) is 2.25. The lowest BCUT2D eigenvalue weighted by Crippen LogP contribution is -2.48. The average molecular weight is 416 g/mol. The van der Waals surface area contributed by atoms with E-state index < -0.39 is 6.10 Å². The monoisotopic (exact) mass is 415 g/mol. The van der Waals surface area contributed by atoms with Crippen LogP contribution in [0.1, 0.15) is 30.1 Å². The van der Waals surface area contributed by atoms with Crippen LogP contribution in [0.5, 0.6) is 17.2 Å². The van der Waals surface area contributed by atoms with E-state index in [1.54, 1.807) is 20.3 Å². The number of benzene rings is 2. The number of hydrogen-bond acceptors (Lipinski definition) is 5. The Morgan fingerprint density at radius 3 is 2.66 bits per heavy atom. The number of nitrogens with zero attached hydrogens (tertiary/aromatic N) is 1. The van der Waals surface area contributed by atoms with Crippen molar-refractivity contribution in [1.82, 2.24) is 4.90 Å². The predicted octanol–water partition coefficient (Wildman–Crippen LogP) is 4.33. The summed E-state index contributed by atoms with van der Waals surface area (Å²) >= 11 is 6.07. The lowest BCUT2D eigenvalue weighted by atomic mass is 9.88. The van der Waals surface area contributed by atoms with Gasteiger partial charge in [0.2, 0.25) is 0 Å². The maximum atomic E-state index is 10.8. The van der Waals surface area contributed by atoms with Crippen molar-refractivity contribution in [3.05, 3.63) is 58.6 Å². The molecule has 0 aliphatic carbocycles. The first kappa shape index (κ1) is 20.1. The van der Waals surface area contributed by atoms with Crippen LogP contribution in [0.15, 0.2) is 42.5 Å². The molecule has 1 saturated heterocycles. The third-order valence-electron chi connectivity index (χ3n) is 5.78. The maximum Gasteiger partial charge on any atom is 0.130 e. The molecule has 0 saturated carbocycles. The standard InChI is InChI=1S/C23H26ClNO4/c1-27-18-4-5-19(22(14-18)28-2)20(26)15-25-11-9-23(10-12-25)8-7-16-13-17(24)3-6-21(16)29-23/h3-8,13-14,20,26H,9-12,15H2,1-2H3/t20-/m0/s1. The summed E-state index contributed by atoms with van der Waals surface area (Å²) in [6, 6.07) is 11.2. The van der Waals surface area contributed by atoms with Gasteiger partial charge in [-0.1, -0.05) is 17.7 Å². The first-order valence-corrected chi connectivity index (χ1v) is 10.2. The molecule has 0 radical (unpaired) electrons. The van der Waals surface area contributed by atoms with Crippen molar-refractivity contribution in [3.63, 3.8) is 0 Å². The summed E-state index contributed by atoms with van der Waals surface area (Å²) in [7, 11) is 3.22. The van der Waals surface area contributed by atoms with Gasteiger partial charge in [0.15, 0.2) is 0 Å². The van der Waals surface area contributed by atoms with Gasteiger partial charge in [-0.25, -0.2) is 0 Å². The second-order valence-electron chi connectivity index (χ2n) is 7.61. The molecule has 2 aromatic carbocycles. The largest absolute Gasteiger partial charge is 0.497 e. The summed E-state index contributed by atoms with van der Waals surface area (Å²) in [4.78, 5) is 2.27. The van der Waals surface area contributed by atoms with Gasteiger partial charge in [0.25, 0.3) is 0 Å². The van der Waals surface area contributed by atoms with Crippen molar-refractivity contribution >= 4 is 17.7 Å². The average Bonchev–Trinajstić information content (AvgIpc) is 2.75. The van der Waals surface area contributed by atoms with Crippen molar-refractivity contribution in [2.45, 2.75) is 24.5 Å². The third kappa shape index (κ3) is 4.22. The number of likely N-dealkylation sites (tertiary alicyclic amines) is 1. The molecule has 5 nitrogen and oxygen atoms in total. The van der Waals surface area contributed by atoms with Crippen LogP contribution in [-0.2, 0) is 0 Å². The van der Waals surface area contributed by atoms with E-state index in [0.29, 0.717) is 23.1 Å². The summed E-state index contributed by atoms with van der Waals surface area (Å²) in [5.41, 5.74) is 1.51. The zero-order chi connectivity index (χ0) is 20.4. The van der Waals surface area contributed by atoms with Gasteiger partial charge in [-0.05, 0) is 36.4 Å². The van der Waals surface area contributed by atoms with Crippen LogP contribution in [-0.4, -0.2) is 49.5 Å². The first-order valence-electron chi connectivity index (χ1n) is 9.82. The summed E-state index contributed by atoms with van der Waals surface area (Å²) in [6.07, 6.45) is 5.38. The molecule has 6 heteroatoms. The van der Waals surface area contributed by atoms with Crippen LogP contribution < -0.4 is 14.2 Å². The molecule has 4 rings (SSSR count). The van der Waals surface area contributed by atoms with Crippen molar-refractivity contribution in [1.29, 1.82) is 0 Å². The zero-order valence-corrected chi connectivity index (χ0v) is 17.5. The van der Waals surface area contributed by atoms with Crippen molar-refractivity contribution < 1.29 is 19.3 Å². The molecule has 1 atom stereocenters. The van der Waals surface area contributed by atoms with Crippen molar-refractivity contribution in [2.75, 3.05) is 33.9 Å². The lowest BCUT2D eigenvalue weighted by molar-refractivity contribution is 0.0197. The highest BCUT2D eigenvalue weighted by Gasteiger charge is 2.37. The molecular formula is C23H26ClNO4. The molecule has 29 heavy (non-hydrogen) atoms. The number of β-amino-alcohol motifs (C(OH)–C–C–N with tert-alkyl or cyclic N) is 1. The smallest absolute Gasteiger partial charge is 0.130 e. The maximum absolute atomic E-state index is 10.8. The number of hydrogen-bond donors (Lipinski definition) is 1. The van der Waals surface area contributed by atoms with Crippen LogP contribution in [0, 0.1) is 0 Å². The van der Waals surface area contributed by atoms with Gasteiger partial charge >= 0.3 is 0 Å². The Morgan fingerprint density at radius 2 is 1.93 bits per heavy atom. The molecule has 2 heterocycles. The lowest BCUT2D eigenvalue weighted by Gasteiger charge is -2.42. The second-order valence-corrected chi connectivity index (χ2v) is 8.04. The molecule has 2 aliphatic rings. The highest BCUT2D eigenvalue weighted by atomic mass is 35.5. The van der Waals surface area contributed by atoms with Crippen molar-refractivity contribution in [2.24, 2.45) is 0 Å². The SMILES string of the molecule is COc1ccc([C@@H](O)CN2CCC3(C=Cc4cc(Cl)ccc4O3)CC2)c(OC)c1.